The van der Waals surface area contributed by atoms with E-state index in [4.69, 9.17) is 0 Å². The largest absolute Gasteiger partial charge is 0.465 e. The topological polar surface area (TPSA) is 26.3 Å². The normalized spacial score (nSPS) is 9.29. The Kier molecular flexibility index (Phi) is 7.96. The molecule has 0 rings (SSSR count). The van der Waals surface area contributed by atoms with Crippen molar-refractivity contribution < 1.29 is 9.53 Å². The summed E-state index contributed by atoms with van der Waals surface area (Å²) in [5.74, 6) is -0.296. The standard InChI is InChI=1S/C12H20O2/c1-4-6-7-8-9-10-11(5-2)12(13)14-3/h2,4,6-10H2,1,3H3. The van der Waals surface area contributed by atoms with Gasteiger partial charge in [0, 0.05) is 0 Å². The summed E-state index contributed by atoms with van der Waals surface area (Å²) in [6.45, 7) is 5.67. The van der Waals surface area contributed by atoms with Crippen LogP contribution in [0.15, 0.2) is 17.9 Å². The third kappa shape index (κ3) is 5.60. The van der Waals surface area contributed by atoms with E-state index in [0.29, 0.717) is 5.57 Å². The molecule has 2 nitrogen and oxygen atoms in total. The smallest absolute Gasteiger partial charge is 0.341 e. The molecule has 2 heteroatoms. The molecule has 0 saturated carbocycles. The van der Waals surface area contributed by atoms with Crippen molar-refractivity contribution in [2.24, 2.45) is 0 Å². The van der Waals surface area contributed by atoms with Crippen LogP contribution in [-0.4, -0.2) is 13.1 Å². The fourth-order valence-electron chi connectivity index (χ4n) is 1.29. The SMILES string of the molecule is C=C=C(CCCCCCC)C(=O)OC. The number of esters is 1. The minimum atomic E-state index is -0.296. The van der Waals surface area contributed by atoms with Gasteiger partial charge >= 0.3 is 5.97 Å². The van der Waals surface area contributed by atoms with E-state index in [-0.39, 0.29) is 5.97 Å². The molecule has 0 bridgehead atoms. The molecule has 0 aromatic carbocycles. The summed E-state index contributed by atoms with van der Waals surface area (Å²) in [5.41, 5.74) is 3.21. The van der Waals surface area contributed by atoms with Crippen molar-refractivity contribution in [2.75, 3.05) is 7.11 Å². The summed E-state index contributed by atoms with van der Waals surface area (Å²) in [7, 11) is 1.39. The van der Waals surface area contributed by atoms with Gasteiger partial charge in [-0.2, -0.15) is 0 Å². The zero-order chi connectivity index (χ0) is 10.8. The number of ether oxygens (including phenoxy) is 1. The van der Waals surface area contributed by atoms with E-state index in [1.54, 1.807) is 0 Å². The average molecular weight is 196 g/mol. The van der Waals surface area contributed by atoms with E-state index >= 15 is 0 Å². The number of unbranched alkanes of at least 4 members (excludes halogenated alkanes) is 4. The van der Waals surface area contributed by atoms with Crippen LogP contribution in [0.25, 0.3) is 0 Å². The molecule has 0 unspecified atom stereocenters. The molecule has 0 fully saturated rings. The van der Waals surface area contributed by atoms with Crippen molar-refractivity contribution in [3.63, 3.8) is 0 Å². The molecule has 0 amide bonds. The van der Waals surface area contributed by atoms with E-state index < -0.39 is 0 Å². The van der Waals surface area contributed by atoms with Crippen molar-refractivity contribution in [3.8, 4) is 0 Å². The van der Waals surface area contributed by atoms with Crippen molar-refractivity contribution >= 4 is 5.97 Å². The van der Waals surface area contributed by atoms with Gasteiger partial charge in [-0.15, -0.1) is 5.73 Å². The van der Waals surface area contributed by atoms with E-state index in [1.165, 1.54) is 26.4 Å². The van der Waals surface area contributed by atoms with Crippen molar-refractivity contribution in [3.05, 3.63) is 17.9 Å². The highest BCUT2D eigenvalue weighted by atomic mass is 16.5. The molecule has 0 aromatic heterocycles. The Morgan fingerprint density at radius 3 is 2.43 bits per heavy atom. The maximum atomic E-state index is 11.1. The molecule has 0 spiro atoms. The molecule has 0 aliphatic rings. The number of carbonyl (C=O) groups excluding carboxylic acids is 1. The molecule has 14 heavy (non-hydrogen) atoms. The Morgan fingerprint density at radius 1 is 1.29 bits per heavy atom. The average Bonchev–Trinajstić information content (AvgIpc) is 2.22. The zero-order valence-electron chi connectivity index (χ0n) is 9.27. The molecule has 0 saturated heterocycles. The van der Waals surface area contributed by atoms with E-state index in [1.807, 2.05) is 0 Å². The van der Waals surface area contributed by atoms with Crippen LogP contribution in [0, 0.1) is 0 Å². The van der Waals surface area contributed by atoms with Gasteiger partial charge in [0.2, 0.25) is 0 Å². The minimum absolute atomic E-state index is 0.296. The van der Waals surface area contributed by atoms with Crippen LogP contribution in [0.2, 0.25) is 0 Å². The van der Waals surface area contributed by atoms with Gasteiger partial charge < -0.3 is 4.74 Å². The van der Waals surface area contributed by atoms with E-state index in [9.17, 15) is 4.79 Å². The first-order valence-corrected chi connectivity index (χ1v) is 5.23. The molecule has 0 N–H and O–H groups in total. The Bertz CT molecular complexity index is 212. The van der Waals surface area contributed by atoms with Crippen LogP contribution in [0.1, 0.15) is 45.4 Å². The number of methoxy groups -OCH3 is 1. The van der Waals surface area contributed by atoms with Crippen LogP contribution < -0.4 is 0 Å². The molecule has 0 aliphatic carbocycles. The first-order valence-electron chi connectivity index (χ1n) is 5.23. The molecule has 0 heterocycles. The first-order chi connectivity index (χ1) is 6.76. The predicted octanol–water partition coefficient (Wildman–Crippen LogP) is 3.23. The summed E-state index contributed by atoms with van der Waals surface area (Å²) in [4.78, 5) is 11.1. The number of hydrogen-bond donors (Lipinski definition) is 0. The Labute approximate surface area is 86.6 Å². The van der Waals surface area contributed by atoms with Crippen molar-refractivity contribution in [1.29, 1.82) is 0 Å². The molecule has 0 atom stereocenters. The Balaban J connectivity index is 3.65. The lowest BCUT2D eigenvalue weighted by Gasteiger charge is -2.02. The molecule has 0 aliphatic heterocycles. The van der Waals surface area contributed by atoms with Crippen LogP contribution in [-0.2, 0) is 9.53 Å². The third-order valence-electron chi connectivity index (χ3n) is 2.18. The van der Waals surface area contributed by atoms with Crippen LogP contribution in [0.3, 0.4) is 0 Å². The molecular weight excluding hydrogens is 176 g/mol. The van der Waals surface area contributed by atoms with E-state index in [2.05, 4.69) is 24.0 Å². The van der Waals surface area contributed by atoms with Crippen LogP contribution >= 0.6 is 0 Å². The predicted molar refractivity (Wildman–Crippen MR) is 58.0 cm³/mol. The highest BCUT2D eigenvalue weighted by molar-refractivity contribution is 5.87. The van der Waals surface area contributed by atoms with Gasteiger partial charge in [0.15, 0.2) is 0 Å². The second kappa shape index (κ2) is 8.58. The second-order valence-corrected chi connectivity index (χ2v) is 3.31. The van der Waals surface area contributed by atoms with Gasteiger partial charge in [0.25, 0.3) is 0 Å². The van der Waals surface area contributed by atoms with E-state index in [0.717, 1.165) is 19.3 Å². The Hall–Kier alpha value is -1.01. The number of rotatable bonds is 7. The van der Waals surface area contributed by atoms with Gasteiger partial charge in [-0.3, -0.25) is 0 Å². The fraction of sp³-hybridized carbons (Fsp3) is 0.667. The number of carbonyl (C=O) groups is 1. The summed E-state index contributed by atoms with van der Waals surface area (Å²) in [5, 5.41) is 0. The molecular formula is C12H20O2. The fourth-order valence-corrected chi connectivity index (χ4v) is 1.29. The highest BCUT2D eigenvalue weighted by Crippen LogP contribution is 2.11. The van der Waals surface area contributed by atoms with Gasteiger partial charge in [-0.25, -0.2) is 4.79 Å². The summed E-state index contributed by atoms with van der Waals surface area (Å²) >= 11 is 0. The lowest BCUT2D eigenvalue weighted by Crippen LogP contribution is -2.03. The summed E-state index contributed by atoms with van der Waals surface area (Å²) in [6, 6.07) is 0. The summed E-state index contributed by atoms with van der Waals surface area (Å²) in [6.07, 6.45) is 6.66. The third-order valence-corrected chi connectivity index (χ3v) is 2.18. The zero-order valence-corrected chi connectivity index (χ0v) is 9.27. The number of hydrogen-bond acceptors (Lipinski definition) is 2. The van der Waals surface area contributed by atoms with Gasteiger partial charge in [-0.05, 0) is 12.8 Å². The van der Waals surface area contributed by atoms with Crippen LogP contribution in [0.5, 0.6) is 0 Å². The van der Waals surface area contributed by atoms with Gasteiger partial charge in [0.05, 0.1) is 12.7 Å². The monoisotopic (exact) mass is 196 g/mol. The lowest BCUT2D eigenvalue weighted by atomic mass is 10.1. The maximum Gasteiger partial charge on any atom is 0.341 e. The highest BCUT2D eigenvalue weighted by Gasteiger charge is 2.07. The minimum Gasteiger partial charge on any atom is -0.465 e. The quantitative estimate of drug-likeness (QED) is 0.270. The molecule has 80 valence electrons. The maximum absolute atomic E-state index is 11.1. The summed E-state index contributed by atoms with van der Waals surface area (Å²) < 4.78 is 4.60. The Morgan fingerprint density at radius 2 is 1.93 bits per heavy atom. The molecule has 0 aromatic rings. The second-order valence-electron chi connectivity index (χ2n) is 3.31. The van der Waals surface area contributed by atoms with Gasteiger partial charge in [0.1, 0.15) is 0 Å². The lowest BCUT2D eigenvalue weighted by molar-refractivity contribution is -0.136. The first kappa shape index (κ1) is 13.0. The van der Waals surface area contributed by atoms with Gasteiger partial charge in [-0.1, -0.05) is 39.2 Å². The van der Waals surface area contributed by atoms with Crippen molar-refractivity contribution in [2.45, 2.75) is 45.4 Å². The van der Waals surface area contributed by atoms with Crippen LogP contribution in [0.4, 0.5) is 0 Å². The van der Waals surface area contributed by atoms with Crippen molar-refractivity contribution in [1.82, 2.24) is 0 Å². The molecule has 0 radical (unpaired) electrons.